The van der Waals surface area contributed by atoms with Gasteiger partial charge in [0.1, 0.15) is 5.78 Å². The molecule has 0 spiro atoms. The van der Waals surface area contributed by atoms with Crippen LogP contribution in [0.3, 0.4) is 0 Å². The number of hydrogen-bond donors (Lipinski definition) is 0. The van der Waals surface area contributed by atoms with Crippen LogP contribution in [-0.2, 0) is 21.1 Å². The van der Waals surface area contributed by atoms with Crippen molar-refractivity contribution in [3.63, 3.8) is 0 Å². The van der Waals surface area contributed by atoms with E-state index in [1.54, 1.807) is 25.1 Å². The zero-order valence-corrected chi connectivity index (χ0v) is 9.97. The first-order valence-electron chi connectivity index (χ1n) is 4.96. The summed E-state index contributed by atoms with van der Waals surface area (Å²) in [5, 5.41) is 1.27. The first kappa shape index (κ1) is 11.1. The average Bonchev–Trinajstić information content (AvgIpc) is 2.36. The summed E-state index contributed by atoms with van der Waals surface area (Å²) in [5.74, 6) is 0.0717. The Hall–Kier alpha value is -1.42. The first-order valence-corrected chi connectivity index (χ1v) is 6.51. The summed E-state index contributed by atoms with van der Waals surface area (Å²) >= 11 is 0. The van der Waals surface area contributed by atoms with Crippen molar-refractivity contribution in [2.45, 2.75) is 25.2 Å². The Labute approximate surface area is 94.7 Å². The van der Waals surface area contributed by atoms with E-state index in [0.29, 0.717) is 11.3 Å². The van der Waals surface area contributed by atoms with Crippen LogP contribution in [0.25, 0.3) is 5.57 Å². The van der Waals surface area contributed by atoms with Crippen LogP contribution >= 0.6 is 0 Å². The lowest BCUT2D eigenvalue weighted by molar-refractivity contribution is -0.116. The van der Waals surface area contributed by atoms with E-state index in [0.717, 1.165) is 16.7 Å². The van der Waals surface area contributed by atoms with Gasteiger partial charge in [0.25, 0.3) is 0 Å². The molecule has 84 valence electrons. The number of carbonyl (C=O) groups is 1. The van der Waals surface area contributed by atoms with E-state index in [-0.39, 0.29) is 5.78 Å². The highest BCUT2D eigenvalue weighted by atomic mass is 32.2. The molecule has 0 aromatic heterocycles. The molecule has 0 amide bonds. The highest BCUT2D eigenvalue weighted by Crippen LogP contribution is 2.33. The number of carbonyl (C=O) groups excluding carboxylic acids is 1. The number of hydrogen-bond acceptors (Lipinski definition) is 3. The molecule has 1 heterocycles. The maximum Gasteiger partial charge on any atom is 0.200 e. The zero-order chi connectivity index (χ0) is 11.9. The van der Waals surface area contributed by atoms with E-state index >= 15 is 0 Å². The quantitative estimate of drug-likeness (QED) is 0.788. The molecule has 1 aliphatic heterocycles. The molecule has 0 saturated heterocycles. The SMILES string of the molecule is CC(=O)Cc1ccc2c(c1)C(C)=CS2(=O)=O. The molecule has 1 aromatic carbocycles. The van der Waals surface area contributed by atoms with Crippen LogP contribution < -0.4 is 0 Å². The maximum absolute atomic E-state index is 11.7. The average molecular weight is 236 g/mol. The third-order valence-electron chi connectivity index (χ3n) is 2.56. The summed E-state index contributed by atoms with van der Waals surface area (Å²) in [5.41, 5.74) is 2.32. The van der Waals surface area contributed by atoms with Gasteiger partial charge in [-0.3, -0.25) is 4.79 Å². The molecule has 4 heteroatoms. The second-order valence-corrected chi connectivity index (χ2v) is 5.82. The number of ketones is 1. The Balaban J connectivity index is 2.54. The Kier molecular flexibility index (Phi) is 2.46. The predicted molar refractivity (Wildman–Crippen MR) is 61.7 cm³/mol. The Morgan fingerprint density at radius 1 is 1.31 bits per heavy atom. The van der Waals surface area contributed by atoms with Crippen molar-refractivity contribution in [1.82, 2.24) is 0 Å². The molecule has 2 rings (SSSR count). The van der Waals surface area contributed by atoms with Crippen molar-refractivity contribution in [1.29, 1.82) is 0 Å². The zero-order valence-electron chi connectivity index (χ0n) is 9.15. The van der Waals surface area contributed by atoms with Gasteiger partial charge in [-0.25, -0.2) is 8.42 Å². The lowest BCUT2D eigenvalue weighted by Gasteiger charge is -2.03. The van der Waals surface area contributed by atoms with Crippen molar-refractivity contribution in [2.75, 3.05) is 0 Å². The third kappa shape index (κ3) is 1.80. The van der Waals surface area contributed by atoms with Crippen LogP contribution in [-0.4, -0.2) is 14.2 Å². The number of benzene rings is 1. The van der Waals surface area contributed by atoms with Gasteiger partial charge in [-0.2, -0.15) is 0 Å². The van der Waals surface area contributed by atoms with Gasteiger partial charge in [0.15, 0.2) is 0 Å². The van der Waals surface area contributed by atoms with Crippen LogP contribution in [0.4, 0.5) is 0 Å². The van der Waals surface area contributed by atoms with E-state index in [9.17, 15) is 13.2 Å². The molecule has 1 aliphatic rings. The third-order valence-corrected chi connectivity index (χ3v) is 4.19. The number of Topliss-reactive ketones (excluding diaryl/α,β-unsaturated/α-hetero) is 1. The van der Waals surface area contributed by atoms with Crippen molar-refractivity contribution < 1.29 is 13.2 Å². The fourth-order valence-corrected chi connectivity index (χ4v) is 3.39. The van der Waals surface area contributed by atoms with Crippen LogP contribution in [0, 0.1) is 0 Å². The van der Waals surface area contributed by atoms with Gasteiger partial charge in [-0.1, -0.05) is 6.07 Å². The summed E-state index contributed by atoms with van der Waals surface area (Å²) in [6.07, 6.45) is 0.348. The molecule has 0 saturated carbocycles. The molecule has 0 N–H and O–H groups in total. The smallest absolute Gasteiger partial charge is 0.200 e. The van der Waals surface area contributed by atoms with Gasteiger partial charge >= 0.3 is 0 Å². The molecular formula is C12H12O3S. The maximum atomic E-state index is 11.7. The molecule has 0 unspecified atom stereocenters. The Bertz CT molecular complexity index is 595. The molecule has 0 aliphatic carbocycles. The first-order chi connectivity index (χ1) is 7.40. The number of fused-ring (bicyclic) bond motifs is 1. The predicted octanol–water partition coefficient (Wildman–Crippen LogP) is 1.97. The molecule has 0 atom stereocenters. The molecule has 0 radical (unpaired) electrons. The summed E-state index contributed by atoms with van der Waals surface area (Å²) in [7, 11) is -3.25. The normalized spacial score (nSPS) is 16.8. The van der Waals surface area contributed by atoms with Gasteiger partial charge in [0.05, 0.1) is 4.90 Å². The minimum Gasteiger partial charge on any atom is -0.300 e. The minimum absolute atomic E-state index is 0.0717. The molecule has 3 nitrogen and oxygen atoms in total. The summed E-state index contributed by atoms with van der Waals surface area (Å²) < 4.78 is 23.3. The Morgan fingerprint density at radius 3 is 2.62 bits per heavy atom. The summed E-state index contributed by atoms with van der Waals surface area (Å²) in [6, 6.07) is 5.06. The molecule has 0 bridgehead atoms. The van der Waals surface area contributed by atoms with Crippen molar-refractivity contribution >= 4 is 21.2 Å². The van der Waals surface area contributed by atoms with Gasteiger partial charge in [-0.15, -0.1) is 0 Å². The fraction of sp³-hybridized carbons (Fsp3) is 0.250. The lowest BCUT2D eigenvalue weighted by Crippen LogP contribution is -1.99. The molecule has 16 heavy (non-hydrogen) atoms. The van der Waals surface area contributed by atoms with E-state index in [2.05, 4.69) is 0 Å². The fourth-order valence-electron chi connectivity index (χ4n) is 1.89. The van der Waals surface area contributed by atoms with Gasteiger partial charge in [0.2, 0.25) is 9.84 Å². The molecule has 0 fully saturated rings. The standard InChI is InChI=1S/C12H12O3S/c1-8-7-16(14,15)12-4-3-10(5-9(2)13)6-11(8)12/h3-4,6-7H,5H2,1-2H3. The Morgan fingerprint density at radius 2 is 2.00 bits per heavy atom. The largest absolute Gasteiger partial charge is 0.300 e. The van der Waals surface area contributed by atoms with E-state index in [1.165, 1.54) is 12.3 Å². The molecular weight excluding hydrogens is 224 g/mol. The minimum atomic E-state index is -3.25. The number of sulfone groups is 1. The number of allylic oxidation sites excluding steroid dienone is 1. The van der Waals surface area contributed by atoms with Gasteiger partial charge < -0.3 is 0 Å². The highest BCUT2D eigenvalue weighted by Gasteiger charge is 2.24. The van der Waals surface area contributed by atoms with Crippen LogP contribution in [0.5, 0.6) is 0 Å². The lowest BCUT2D eigenvalue weighted by atomic mass is 10.0. The van der Waals surface area contributed by atoms with Crippen LogP contribution in [0.15, 0.2) is 28.5 Å². The van der Waals surface area contributed by atoms with Crippen molar-refractivity contribution in [3.05, 3.63) is 34.7 Å². The summed E-state index contributed by atoms with van der Waals surface area (Å²) in [6.45, 7) is 3.29. The highest BCUT2D eigenvalue weighted by molar-refractivity contribution is 7.95. The van der Waals surface area contributed by atoms with Gasteiger partial charge in [-0.05, 0) is 42.7 Å². The monoisotopic (exact) mass is 236 g/mol. The summed E-state index contributed by atoms with van der Waals surface area (Å²) in [4.78, 5) is 11.3. The van der Waals surface area contributed by atoms with Crippen molar-refractivity contribution in [2.24, 2.45) is 0 Å². The molecule has 1 aromatic rings. The van der Waals surface area contributed by atoms with Crippen LogP contribution in [0.1, 0.15) is 25.0 Å². The van der Waals surface area contributed by atoms with Gasteiger partial charge in [0, 0.05) is 11.8 Å². The number of rotatable bonds is 2. The van der Waals surface area contributed by atoms with E-state index in [1.807, 2.05) is 0 Å². The van der Waals surface area contributed by atoms with E-state index < -0.39 is 9.84 Å². The van der Waals surface area contributed by atoms with E-state index in [4.69, 9.17) is 0 Å². The topological polar surface area (TPSA) is 51.2 Å². The van der Waals surface area contributed by atoms with Crippen molar-refractivity contribution in [3.8, 4) is 0 Å². The second kappa shape index (κ2) is 3.56. The van der Waals surface area contributed by atoms with Crippen LogP contribution in [0.2, 0.25) is 0 Å². The second-order valence-electron chi connectivity index (χ2n) is 4.06.